The molecule has 0 aromatic heterocycles. The third-order valence-corrected chi connectivity index (χ3v) is 6.37. The zero-order valence-corrected chi connectivity index (χ0v) is 14.2. The van der Waals surface area contributed by atoms with Crippen molar-refractivity contribution in [2.24, 2.45) is 5.92 Å². The lowest BCUT2D eigenvalue weighted by Gasteiger charge is -2.42. The molecule has 3 rings (SSSR count). The molecule has 0 spiro atoms. The van der Waals surface area contributed by atoms with E-state index in [1.807, 2.05) is 0 Å². The number of fused-ring (bicyclic) bond motifs is 1. The molecule has 1 aliphatic heterocycles. The van der Waals surface area contributed by atoms with Gasteiger partial charge in [0.25, 0.3) is 0 Å². The lowest BCUT2D eigenvalue weighted by Crippen LogP contribution is -2.53. The number of likely N-dealkylation sites (tertiary alicyclic amines) is 1. The molecule has 0 aromatic carbocycles. The minimum absolute atomic E-state index is 0.769. The zero-order chi connectivity index (χ0) is 14.5. The second kappa shape index (κ2) is 7.97. The van der Waals surface area contributed by atoms with Crippen molar-refractivity contribution >= 4 is 0 Å². The van der Waals surface area contributed by atoms with Gasteiger partial charge < -0.3 is 5.32 Å². The highest BCUT2D eigenvalue weighted by Crippen LogP contribution is 2.39. The van der Waals surface area contributed by atoms with Crippen molar-refractivity contribution in [3.8, 4) is 0 Å². The third-order valence-electron chi connectivity index (χ3n) is 6.37. The van der Waals surface area contributed by atoms with Crippen molar-refractivity contribution < 1.29 is 0 Å². The number of hydrogen-bond acceptors (Lipinski definition) is 2. The maximum absolute atomic E-state index is 3.92. The first-order valence-electron chi connectivity index (χ1n) is 9.89. The Bertz CT molecular complexity index is 302. The van der Waals surface area contributed by atoms with Crippen molar-refractivity contribution in [2.75, 3.05) is 13.1 Å². The van der Waals surface area contributed by atoms with Crippen LogP contribution < -0.4 is 5.32 Å². The van der Waals surface area contributed by atoms with E-state index in [9.17, 15) is 0 Å². The first-order valence-corrected chi connectivity index (χ1v) is 9.89. The fourth-order valence-electron chi connectivity index (χ4n) is 5.28. The monoisotopic (exact) mass is 292 g/mol. The highest BCUT2D eigenvalue weighted by Gasteiger charge is 2.41. The molecule has 1 saturated heterocycles. The molecule has 2 aliphatic carbocycles. The van der Waals surface area contributed by atoms with Crippen LogP contribution in [0.25, 0.3) is 0 Å². The van der Waals surface area contributed by atoms with Gasteiger partial charge in [0.2, 0.25) is 0 Å². The van der Waals surface area contributed by atoms with Gasteiger partial charge in [0.15, 0.2) is 0 Å². The summed E-state index contributed by atoms with van der Waals surface area (Å²) in [6.07, 6.45) is 17.4. The summed E-state index contributed by atoms with van der Waals surface area (Å²) >= 11 is 0. The Morgan fingerprint density at radius 3 is 2.38 bits per heavy atom. The molecule has 0 amide bonds. The minimum Gasteiger partial charge on any atom is -0.312 e. The molecule has 2 nitrogen and oxygen atoms in total. The van der Waals surface area contributed by atoms with Gasteiger partial charge in [-0.15, -0.1) is 0 Å². The van der Waals surface area contributed by atoms with Crippen LogP contribution >= 0.6 is 0 Å². The average Bonchev–Trinajstić information content (AvgIpc) is 2.90. The van der Waals surface area contributed by atoms with E-state index in [0.717, 1.165) is 24.0 Å². The van der Waals surface area contributed by atoms with E-state index >= 15 is 0 Å². The third kappa shape index (κ3) is 3.82. The zero-order valence-electron chi connectivity index (χ0n) is 14.2. The smallest absolute Gasteiger partial charge is 0.0252 e. The van der Waals surface area contributed by atoms with Crippen LogP contribution in [0.2, 0.25) is 0 Å². The average molecular weight is 293 g/mol. The molecular formula is C19H36N2. The Morgan fingerprint density at radius 1 is 0.810 bits per heavy atom. The molecule has 1 heterocycles. The molecule has 0 aromatic rings. The Kier molecular flexibility index (Phi) is 5.99. The molecule has 122 valence electrons. The van der Waals surface area contributed by atoms with E-state index < -0.39 is 0 Å². The second-order valence-electron chi connectivity index (χ2n) is 7.76. The van der Waals surface area contributed by atoms with Gasteiger partial charge in [-0.3, -0.25) is 4.90 Å². The van der Waals surface area contributed by atoms with Crippen LogP contribution in [0.3, 0.4) is 0 Å². The number of nitrogens with one attached hydrogen (secondary N) is 1. The van der Waals surface area contributed by atoms with Crippen LogP contribution in [0.4, 0.5) is 0 Å². The first-order chi connectivity index (χ1) is 10.4. The lowest BCUT2D eigenvalue weighted by atomic mass is 9.83. The molecule has 0 bridgehead atoms. The molecule has 2 heteroatoms. The quantitative estimate of drug-likeness (QED) is 0.829. The molecular weight excluding hydrogens is 256 g/mol. The van der Waals surface area contributed by atoms with Crippen LogP contribution in [0.5, 0.6) is 0 Å². The van der Waals surface area contributed by atoms with Crippen LogP contribution in [0.1, 0.15) is 84.0 Å². The van der Waals surface area contributed by atoms with E-state index in [1.54, 1.807) is 0 Å². The fourth-order valence-corrected chi connectivity index (χ4v) is 5.28. The Labute approximate surface area is 132 Å². The predicted octanol–water partition coefficient (Wildman–Crippen LogP) is 4.34. The molecule has 21 heavy (non-hydrogen) atoms. The molecule has 4 unspecified atom stereocenters. The highest BCUT2D eigenvalue weighted by molar-refractivity contribution is 4.97. The Morgan fingerprint density at radius 2 is 1.52 bits per heavy atom. The van der Waals surface area contributed by atoms with Gasteiger partial charge in [0.05, 0.1) is 0 Å². The highest BCUT2D eigenvalue weighted by atomic mass is 15.2. The molecule has 2 saturated carbocycles. The minimum atomic E-state index is 0.769. The standard InChI is InChI=1S/C19H36N2/c1-2-14-20-17-10-5-3-4-6-12-19(17)21-15-13-16-9-7-8-11-18(16)21/h16-20H,2-15H2,1H3. The summed E-state index contributed by atoms with van der Waals surface area (Å²) < 4.78 is 0. The number of nitrogens with zero attached hydrogens (tertiary/aromatic N) is 1. The number of rotatable bonds is 4. The fraction of sp³-hybridized carbons (Fsp3) is 1.00. The summed E-state index contributed by atoms with van der Waals surface area (Å²) in [5.41, 5.74) is 0. The van der Waals surface area contributed by atoms with Gasteiger partial charge in [0.1, 0.15) is 0 Å². The summed E-state index contributed by atoms with van der Waals surface area (Å²) in [5, 5.41) is 3.92. The first kappa shape index (κ1) is 15.8. The van der Waals surface area contributed by atoms with Crippen molar-refractivity contribution in [1.82, 2.24) is 10.2 Å². The molecule has 3 aliphatic rings. The van der Waals surface area contributed by atoms with Crippen molar-refractivity contribution in [3.63, 3.8) is 0 Å². The van der Waals surface area contributed by atoms with Gasteiger partial charge in [-0.1, -0.05) is 45.4 Å². The SMILES string of the molecule is CCCNC1CCCCCCC1N1CCC2CCCCC21. The van der Waals surface area contributed by atoms with Gasteiger partial charge in [-0.2, -0.15) is 0 Å². The number of hydrogen-bond donors (Lipinski definition) is 1. The normalized spacial score (nSPS) is 38.7. The van der Waals surface area contributed by atoms with Crippen molar-refractivity contribution in [2.45, 2.75) is 102 Å². The van der Waals surface area contributed by atoms with Gasteiger partial charge >= 0.3 is 0 Å². The van der Waals surface area contributed by atoms with Gasteiger partial charge in [-0.25, -0.2) is 0 Å². The van der Waals surface area contributed by atoms with E-state index in [0.29, 0.717) is 0 Å². The van der Waals surface area contributed by atoms with Crippen LogP contribution in [0, 0.1) is 5.92 Å². The molecule has 1 N–H and O–H groups in total. The van der Waals surface area contributed by atoms with Crippen LogP contribution in [-0.2, 0) is 0 Å². The van der Waals surface area contributed by atoms with E-state index in [-0.39, 0.29) is 0 Å². The Hall–Kier alpha value is -0.0800. The van der Waals surface area contributed by atoms with Crippen molar-refractivity contribution in [3.05, 3.63) is 0 Å². The van der Waals surface area contributed by atoms with Gasteiger partial charge in [0, 0.05) is 18.1 Å². The van der Waals surface area contributed by atoms with Crippen molar-refractivity contribution in [1.29, 1.82) is 0 Å². The predicted molar refractivity (Wildman–Crippen MR) is 90.6 cm³/mol. The summed E-state index contributed by atoms with van der Waals surface area (Å²) in [5.74, 6) is 1.04. The summed E-state index contributed by atoms with van der Waals surface area (Å²) in [4.78, 5) is 2.97. The maximum Gasteiger partial charge on any atom is 0.0252 e. The lowest BCUT2D eigenvalue weighted by molar-refractivity contribution is 0.0911. The molecule has 3 fully saturated rings. The van der Waals surface area contributed by atoms with Crippen LogP contribution in [0.15, 0.2) is 0 Å². The second-order valence-corrected chi connectivity index (χ2v) is 7.76. The largest absolute Gasteiger partial charge is 0.312 e. The van der Waals surface area contributed by atoms with E-state index in [2.05, 4.69) is 17.1 Å². The van der Waals surface area contributed by atoms with Crippen LogP contribution in [-0.4, -0.2) is 36.1 Å². The van der Waals surface area contributed by atoms with Gasteiger partial charge in [-0.05, 0) is 57.5 Å². The molecule has 4 atom stereocenters. The maximum atomic E-state index is 3.92. The molecule has 0 radical (unpaired) electrons. The van der Waals surface area contributed by atoms with E-state index in [1.165, 1.54) is 90.1 Å². The Balaban J connectivity index is 1.68. The summed E-state index contributed by atoms with van der Waals surface area (Å²) in [6.45, 7) is 4.91. The summed E-state index contributed by atoms with van der Waals surface area (Å²) in [7, 11) is 0. The topological polar surface area (TPSA) is 15.3 Å². The summed E-state index contributed by atoms with van der Waals surface area (Å²) in [6, 6.07) is 2.55. The van der Waals surface area contributed by atoms with E-state index in [4.69, 9.17) is 0 Å².